The number of aromatic amines is 1. The highest BCUT2D eigenvalue weighted by Crippen LogP contribution is 2.23. The van der Waals surface area contributed by atoms with E-state index >= 15 is 0 Å². The second-order valence-electron chi connectivity index (χ2n) is 5.06. The van der Waals surface area contributed by atoms with Gasteiger partial charge in [0, 0.05) is 29.5 Å². The Hall–Kier alpha value is -2.61. The highest BCUT2D eigenvalue weighted by molar-refractivity contribution is 7.09. The van der Waals surface area contributed by atoms with E-state index in [1.165, 1.54) is 0 Å². The molecule has 2 heterocycles. The van der Waals surface area contributed by atoms with Crippen molar-refractivity contribution < 1.29 is 4.79 Å². The molecule has 7 nitrogen and oxygen atoms in total. The third-order valence-electron chi connectivity index (χ3n) is 3.28. The minimum atomic E-state index is -0.0225. The van der Waals surface area contributed by atoms with Crippen LogP contribution in [0.15, 0.2) is 29.6 Å². The summed E-state index contributed by atoms with van der Waals surface area (Å²) >= 11 is 1.62. The van der Waals surface area contributed by atoms with Crippen LogP contribution in [0.4, 0.5) is 5.69 Å². The summed E-state index contributed by atoms with van der Waals surface area (Å²) in [5.74, 6) is 0.603. The zero-order valence-corrected chi connectivity index (χ0v) is 13.4. The van der Waals surface area contributed by atoms with Crippen LogP contribution in [0.2, 0.25) is 0 Å². The van der Waals surface area contributed by atoms with Crippen LogP contribution in [0.3, 0.4) is 0 Å². The zero-order valence-electron chi connectivity index (χ0n) is 12.6. The highest BCUT2D eigenvalue weighted by Gasteiger charge is 2.06. The average molecular weight is 328 g/mol. The Morgan fingerprint density at radius 3 is 2.78 bits per heavy atom. The van der Waals surface area contributed by atoms with Gasteiger partial charge in [0.05, 0.1) is 10.7 Å². The lowest BCUT2D eigenvalue weighted by Gasteiger charge is -2.05. The molecule has 0 saturated carbocycles. The van der Waals surface area contributed by atoms with Crippen LogP contribution in [0, 0.1) is 6.92 Å². The Labute approximate surface area is 137 Å². The molecule has 0 radical (unpaired) electrons. The second kappa shape index (κ2) is 7.10. The van der Waals surface area contributed by atoms with E-state index < -0.39 is 0 Å². The Bertz CT molecular complexity index is 766. The molecule has 0 aliphatic rings. The van der Waals surface area contributed by atoms with Crippen molar-refractivity contribution in [3.8, 4) is 11.3 Å². The zero-order chi connectivity index (χ0) is 16.1. The molecule has 0 unspecified atom stereocenters. The molecule has 1 aromatic carbocycles. The maximum atomic E-state index is 11.9. The van der Waals surface area contributed by atoms with E-state index in [1.54, 1.807) is 11.3 Å². The van der Waals surface area contributed by atoms with Gasteiger partial charge in [0.25, 0.3) is 0 Å². The van der Waals surface area contributed by atoms with E-state index in [0.717, 1.165) is 22.0 Å². The summed E-state index contributed by atoms with van der Waals surface area (Å²) in [5, 5.41) is 19.5. The molecule has 0 atom stereocenters. The van der Waals surface area contributed by atoms with Crippen molar-refractivity contribution in [1.82, 2.24) is 25.6 Å². The fourth-order valence-corrected chi connectivity index (χ4v) is 2.76. The van der Waals surface area contributed by atoms with Crippen LogP contribution in [0.25, 0.3) is 11.3 Å². The normalized spacial score (nSPS) is 10.7. The number of aryl methyl sites for hydroxylation is 2. The molecule has 0 spiro atoms. The minimum Gasteiger partial charge on any atom is -0.326 e. The van der Waals surface area contributed by atoms with Gasteiger partial charge in [-0.2, -0.15) is 5.21 Å². The molecule has 23 heavy (non-hydrogen) atoms. The van der Waals surface area contributed by atoms with Gasteiger partial charge in [-0.3, -0.25) is 4.79 Å². The van der Waals surface area contributed by atoms with Crippen LogP contribution in [-0.2, 0) is 11.2 Å². The summed E-state index contributed by atoms with van der Waals surface area (Å²) in [6.07, 6.45) is 1.73. The largest absolute Gasteiger partial charge is 0.326 e. The van der Waals surface area contributed by atoms with Crippen molar-refractivity contribution in [2.45, 2.75) is 26.2 Å². The molecule has 0 fully saturated rings. The summed E-state index contributed by atoms with van der Waals surface area (Å²) in [4.78, 5) is 16.4. The molecule has 3 aromatic rings. The van der Waals surface area contributed by atoms with Gasteiger partial charge in [0.2, 0.25) is 5.91 Å². The first-order valence-electron chi connectivity index (χ1n) is 7.25. The fourth-order valence-electron chi connectivity index (χ4n) is 2.14. The number of tetrazole rings is 1. The van der Waals surface area contributed by atoms with E-state index in [4.69, 9.17) is 0 Å². The molecule has 118 valence electrons. The molecule has 2 aromatic heterocycles. The van der Waals surface area contributed by atoms with Crippen LogP contribution in [-0.4, -0.2) is 31.5 Å². The number of hydrogen-bond donors (Lipinski definition) is 2. The number of benzene rings is 1. The van der Waals surface area contributed by atoms with Gasteiger partial charge in [-0.1, -0.05) is 17.3 Å². The van der Waals surface area contributed by atoms with Crippen LogP contribution < -0.4 is 5.32 Å². The summed E-state index contributed by atoms with van der Waals surface area (Å²) in [6.45, 7) is 1.98. The Morgan fingerprint density at radius 1 is 1.30 bits per heavy atom. The first-order chi connectivity index (χ1) is 11.2. The first-order valence-corrected chi connectivity index (χ1v) is 8.13. The number of anilines is 1. The van der Waals surface area contributed by atoms with E-state index in [9.17, 15) is 4.79 Å². The Kier molecular flexibility index (Phi) is 4.72. The Morgan fingerprint density at radius 2 is 2.13 bits per heavy atom. The lowest BCUT2D eigenvalue weighted by molar-refractivity contribution is -0.116. The summed E-state index contributed by atoms with van der Waals surface area (Å²) < 4.78 is 0. The number of rotatable bonds is 6. The third kappa shape index (κ3) is 4.19. The van der Waals surface area contributed by atoms with Gasteiger partial charge >= 0.3 is 0 Å². The van der Waals surface area contributed by atoms with E-state index in [2.05, 4.69) is 30.9 Å². The molecule has 1 amide bonds. The van der Waals surface area contributed by atoms with Crippen molar-refractivity contribution in [1.29, 1.82) is 0 Å². The SMILES string of the molecule is Cc1nc(-c2ccc(NC(=O)CCCc3nn[nH]n3)cc2)cs1. The summed E-state index contributed by atoms with van der Waals surface area (Å²) in [6, 6.07) is 7.70. The van der Waals surface area contributed by atoms with Crippen LogP contribution >= 0.6 is 11.3 Å². The van der Waals surface area contributed by atoms with Crippen molar-refractivity contribution in [2.75, 3.05) is 5.32 Å². The molecule has 8 heteroatoms. The second-order valence-corrected chi connectivity index (χ2v) is 6.12. The van der Waals surface area contributed by atoms with Crippen molar-refractivity contribution in [3.05, 3.63) is 40.5 Å². The molecule has 2 N–H and O–H groups in total. The van der Waals surface area contributed by atoms with Crippen molar-refractivity contribution in [2.24, 2.45) is 0 Å². The number of carbonyl (C=O) groups excluding carboxylic acids is 1. The number of nitrogens with one attached hydrogen (secondary N) is 2. The maximum Gasteiger partial charge on any atom is 0.224 e. The predicted molar refractivity (Wildman–Crippen MR) is 88.0 cm³/mol. The first kappa shape index (κ1) is 15.3. The molecule has 0 saturated heterocycles. The van der Waals surface area contributed by atoms with Crippen molar-refractivity contribution >= 4 is 22.9 Å². The summed E-state index contributed by atoms with van der Waals surface area (Å²) in [5.41, 5.74) is 2.79. The Balaban J connectivity index is 1.50. The van der Waals surface area contributed by atoms with E-state index in [1.807, 2.05) is 36.6 Å². The van der Waals surface area contributed by atoms with Crippen molar-refractivity contribution in [3.63, 3.8) is 0 Å². The topological polar surface area (TPSA) is 96.5 Å². The number of thiazole rings is 1. The molecular weight excluding hydrogens is 312 g/mol. The average Bonchev–Trinajstić information content (AvgIpc) is 3.20. The molecule has 0 aliphatic carbocycles. The standard InChI is InChI=1S/C15H16N6OS/c1-10-16-13(9-23-10)11-5-7-12(8-6-11)17-15(22)4-2-3-14-18-20-21-19-14/h5-9H,2-4H2,1H3,(H,17,22)(H,18,19,20,21). The van der Waals surface area contributed by atoms with Gasteiger partial charge in [0.1, 0.15) is 0 Å². The molecule has 3 rings (SSSR count). The van der Waals surface area contributed by atoms with E-state index in [-0.39, 0.29) is 5.91 Å². The predicted octanol–water partition coefficient (Wildman–Crippen LogP) is 2.59. The summed E-state index contributed by atoms with van der Waals surface area (Å²) in [7, 11) is 0. The van der Waals surface area contributed by atoms with Crippen LogP contribution in [0.5, 0.6) is 0 Å². The molecule has 0 bridgehead atoms. The smallest absolute Gasteiger partial charge is 0.224 e. The number of carbonyl (C=O) groups is 1. The number of aromatic nitrogens is 5. The number of amides is 1. The number of nitrogens with zero attached hydrogens (tertiary/aromatic N) is 4. The van der Waals surface area contributed by atoms with E-state index in [0.29, 0.717) is 25.1 Å². The van der Waals surface area contributed by atoms with Gasteiger partial charge < -0.3 is 5.32 Å². The minimum absolute atomic E-state index is 0.0225. The quantitative estimate of drug-likeness (QED) is 0.725. The van der Waals surface area contributed by atoms with Gasteiger partial charge in [-0.25, -0.2) is 4.98 Å². The maximum absolute atomic E-state index is 11.9. The monoisotopic (exact) mass is 328 g/mol. The number of hydrogen-bond acceptors (Lipinski definition) is 6. The van der Waals surface area contributed by atoms with Gasteiger partial charge in [-0.05, 0) is 25.5 Å². The fraction of sp³-hybridized carbons (Fsp3) is 0.267. The molecule has 0 aliphatic heterocycles. The van der Waals surface area contributed by atoms with Gasteiger partial charge in [-0.15, -0.1) is 21.5 Å². The third-order valence-corrected chi connectivity index (χ3v) is 4.05. The molecular formula is C15H16N6OS. The van der Waals surface area contributed by atoms with Crippen LogP contribution in [0.1, 0.15) is 23.7 Å². The highest BCUT2D eigenvalue weighted by atomic mass is 32.1. The van der Waals surface area contributed by atoms with Gasteiger partial charge in [0.15, 0.2) is 5.82 Å². The number of H-pyrrole nitrogens is 1. The lowest BCUT2D eigenvalue weighted by atomic mass is 10.1. The lowest BCUT2D eigenvalue weighted by Crippen LogP contribution is -2.11.